The third-order valence-corrected chi connectivity index (χ3v) is 7.79. The lowest BCUT2D eigenvalue weighted by molar-refractivity contribution is -0.128. The van der Waals surface area contributed by atoms with E-state index in [-0.39, 0.29) is 29.6 Å². The summed E-state index contributed by atoms with van der Waals surface area (Å²) in [5.74, 6) is 0.420. The van der Waals surface area contributed by atoms with Gasteiger partial charge in [-0.2, -0.15) is 0 Å². The van der Waals surface area contributed by atoms with Crippen LogP contribution in [0.3, 0.4) is 0 Å². The van der Waals surface area contributed by atoms with Crippen LogP contribution in [0.4, 0.5) is 4.39 Å². The summed E-state index contributed by atoms with van der Waals surface area (Å²) in [7, 11) is 1.80. The Balaban J connectivity index is 1.31. The number of halogens is 1. The van der Waals surface area contributed by atoms with Crippen LogP contribution in [0, 0.1) is 5.82 Å². The molecule has 0 N–H and O–H groups in total. The van der Waals surface area contributed by atoms with Crippen molar-refractivity contribution in [2.24, 2.45) is 0 Å². The van der Waals surface area contributed by atoms with E-state index in [2.05, 4.69) is 15.2 Å². The first-order valence-corrected chi connectivity index (χ1v) is 12.3. The minimum absolute atomic E-state index is 0.0143. The predicted molar refractivity (Wildman–Crippen MR) is 125 cm³/mol. The number of hydrogen-bond donors (Lipinski definition) is 0. The Bertz CT molecular complexity index is 1250. The minimum atomic E-state index is -0.321. The number of nitrogens with zero attached hydrogens (tertiary/aromatic N) is 5. The molecule has 2 aromatic heterocycles. The van der Waals surface area contributed by atoms with Crippen LogP contribution in [0.2, 0.25) is 0 Å². The Labute approximate surface area is 193 Å². The van der Waals surface area contributed by atoms with Crippen LogP contribution in [0.5, 0.6) is 0 Å². The Morgan fingerprint density at radius 2 is 1.97 bits per heavy atom. The van der Waals surface area contributed by atoms with Crippen molar-refractivity contribution in [3.8, 4) is 11.4 Å². The standard InChI is InChI=1S/C23H22FN5OS2/c1-14(22-25-18-9-5-6-10-19(18)32-22)28(2)20(30)13-31-23-27-26-21(29(23)15-11-12-15)16-7-3-4-8-17(16)24/h3-10,14-15H,11-13H2,1-2H3/t14-/m1/s1. The molecule has 5 rings (SSSR count). The van der Waals surface area contributed by atoms with Crippen LogP contribution >= 0.6 is 23.1 Å². The summed E-state index contributed by atoms with van der Waals surface area (Å²) in [6.45, 7) is 1.99. The summed E-state index contributed by atoms with van der Waals surface area (Å²) in [5.41, 5.74) is 1.39. The fourth-order valence-corrected chi connectivity index (χ4v) is 5.53. The Hall–Kier alpha value is -2.78. The van der Waals surface area contributed by atoms with Gasteiger partial charge in [-0.25, -0.2) is 9.37 Å². The van der Waals surface area contributed by atoms with Crippen molar-refractivity contribution in [1.82, 2.24) is 24.6 Å². The van der Waals surface area contributed by atoms with Crippen molar-refractivity contribution < 1.29 is 9.18 Å². The third-order valence-electron chi connectivity index (χ3n) is 5.66. The van der Waals surface area contributed by atoms with Gasteiger partial charge in [0.15, 0.2) is 11.0 Å². The number of fused-ring (bicyclic) bond motifs is 1. The molecular formula is C23H22FN5OS2. The van der Waals surface area contributed by atoms with Crippen LogP contribution in [0.25, 0.3) is 21.6 Å². The van der Waals surface area contributed by atoms with Crippen molar-refractivity contribution in [2.45, 2.75) is 37.0 Å². The maximum absolute atomic E-state index is 14.3. The van der Waals surface area contributed by atoms with E-state index in [1.807, 2.05) is 35.8 Å². The largest absolute Gasteiger partial charge is 0.336 e. The smallest absolute Gasteiger partial charge is 0.233 e. The molecule has 1 aliphatic rings. The number of hydrogen-bond acceptors (Lipinski definition) is 6. The molecule has 0 aliphatic heterocycles. The Kier molecular flexibility index (Phi) is 5.69. The molecule has 1 atom stereocenters. The molecule has 1 amide bonds. The van der Waals surface area contributed by atoms with Gasteiger partial charge >= 0.3 is 0 Å². The average Bonchev–Trinajstić information content (AvgIpc) is 3.41. The topological polar surface area (TPSA) is 63.9 Å². The molecule has 164 valence electrons. The van der Waals surface area contributed by atoms with E-state index in [1.54, 1.807) is 41.5 Å². The maximum atomic E-state index is 14.3. The second-order valence-corrected chi connectivity index (χ2v) is 9.88. The summed E-state index contributed by atoms with van der Waals surface area (Å²) < 4.78 is 17.4. The predicted octanol–water partition coefficient (Wildman–Crippen LogP) is 5.34. The van der Waals surface area contributed by atoms with Gasteiger partial charge in [0.1, 0.15) is 10.8 Å². The van der Waals surface area contributed by atoms with Crippen LogP contribution in [0.15, 0.2) is 53.7 Å². The van der Waals surface area contributed by atoms with Crippen molar-refractivity contribution in [1.29, 1.82) is 0 Å². The number of amides is 1. The van der Waals surface area contributed by atoms with Gasteiger partial charge in [-0.05, 0) is 44.0 Å². The SMILES string of the molecule is C[C@H](c1nc2ccccc2s1)N(C)C(=O)CSc1nnc(-c2ccccc2F)n1C1CC1. The Morgan fingerprint density at radius 1 is 1.22 bits per heavy atom. The molecule has 2 heterocycles. The van der Waals surface area contributed by atoms with E-state index < -0.39 is 0 Å². The minimum Gasteiger partial charge on any atom is -0.336 e. The number of thiazole rings is 1. The van der Waals surface area contributed by atoms with Crippen LogP contribution in [0.1, 0.15) is 36.9 Å². The van der Waals surface area contributed by atoms with Gasteiger partial charge in [-0.1, -0.05) is 36.0 Å². The van der Waals surface area contributed by atoms with Gasteiger partial charge in [-0.15, -0.1) is 21.5 Å². The van der Waals surface area contributed by atoms with Gasteiger partial charge < -0.3 is 4.90 Å². The number of carbonyl (C=O) groups is 1. The highest BCUT2D eigenvalue weighted by atomic mass is 32.2. The number of carbonyl (C=O) groups excluding carboxylic acids is 1. The zero-order valence-electron chi connectivity index (χ0n) is 17.7. The van der Waals surface area contributed by atoms with Gasteiger partial charge in [0, 0.05) is 13.1 Å². The fraction of sp³-hybridized carbons (Fsp3) is 0.304. The number of rotatable bonds is 7. The average molecular weight is 468 g/mol. The second-order valence-electron chi connectivity index (χ2n) is 7.88. The molecule has 0 saturated heterocycles. The van der Waals surface area contributed by atoms with Crippen molar-refractivity contribution in [3.63, 3.8) is 0 Å². The molecule has 6 nitrogen and oxygen atoms in total. The highest BCUT2D eigenvalue weighted by Crippen LogP contribution is 2.41. The van der Waals surface area contributed by atoms with Crippen LogP contribution in [-0.4, -0.2) is 43.4 Å². The molecule has 2 aromatic carbocycles. The zero-order chi connectivity index (χ0) is 22.2. The number of thioether (sulfide) groups is 1. The quantitative estimate of drug-likeness (QED) is 0.343. The van der Waals surface area contributed by atoms with E-state index in [9.17, 15) is 9.18 Å². The summed E-state index contributed by atoms with van der Waals surface area (Å²) >= 11 is 2.96. The maximum Gasteiger partial charge on any atom is 0.233 e. The van der Waals surface area contributed by atoms with Crippen molar-refractivity contribution in [3.05, 3.63) is 59.4 Å². The molecule has 1 aliphatic carbocycles. The van der Waals surface area contributed by atoms with Crippen molar-refractivity contribution >= 4 is 39.2 Å². The van der Waals surface area contributed by atoms with Gasteiger partial charge in [-0.3, -0.25) is 9.36 Å². The fourth-order valence-electron chi connectivity index (χ4n) is 3.54. The molecule has 0 spiro atoms. The van der Waals surface area contributed by atoms with Crippen LogP contribution in [-0.2, 0) is 4.79 Å². The highest BCUT2D eigenvalue weighted by Gasteiger charge is 2.31. The van der Waals surface area contributed by atoms with E-state index in [4.69, 9.17) is 0 Å². The molecular weight excluding hydrogens is 445 g/mol. The number of aromatic nitrogens is 4. The number of benzene rings is 2. The molecule has 1 fully saturated rings. The lowest BCUT2D eigenvalue weighted by Gasteiger charge is -2.23. The molecule has 32 heavy (non-hydrogen) atoms. The summed E-state index contributed by atoms with van der Waals surface area (Å²) in [6.07, 6.45) is 2.02. The molecule has 1 saturated carbocycles. The number of para-hydroxylation sites is 1. The monoisotopic (exact) mass is 467 g/mol. The van der Waals surface area contributed by atoms with E-state index in [0.29, 0.717) is 16.5 Å². The molecule has 4 aromatic rings. The lowest BCUT2D eigenvalue weighted by Crippen LogP contribution is -2.31. The van der Waals surface area contributed by atoms with Gasteiger partial charge in [0.25, 0.3) is 0 Å². The van der Waals surface area contributed by atoms with E-state index in [1.165, 1.54) is 17.8 Å². The third kappa shape index (κ3) is 4.02. The van der Waals surface area contributed by atoms with Gasteiger partial charge in [0.2, 0.25) is 5.91 Å². The van der Waals surface area contributed by atoms with E-state index >= 15 is 0 Å². The first-order chi connectivity index (χ1) is 15.5. The first-order valence-electron chi connectivity index (χ1n) is 10.5. The second kappa shape index (κ2) is 8.63. The normalized spacial score (nSPS) is 14.6. The molecule has 0 unspecified atom stereocenters. The van der Waals surface area contributed by atoms with Crippen LogP contribution < -0.4 is 0 Å². The summed E-state index contributed by atoms with van der Waals surface area (Å²) in [6, 6.07) is 14.7. The van der Waals surface area contributed by atoms with E-state index in [0.717, 1.165) is 28.1 Å². The highest BCUT2D eigenvalue weighted by molar-refractivity contribution is 7.99. The summed E-state index contributed by atoms with van der Waals surface area (Å²) in [5, 5.41) is 10.1. The molecule has 9 heteroatoms. The first kappa shape index (κ1) is 21.1. The summed E-state index contributed by atoms with van der Waals surface area (Å²) in [4.78, 5) is 19.3. The Morgan fingerprint density at radius 3 is 2.72 bits per heavy atom. The zero-order valence-corrected chi connectivity index (χ0v) is 19.4. The molecule has 0 bridgehead atoms. The molecule has 0 radical (unpaired) electrons. The van der Waals surface area contributed by atoms with Crippen molar-refractivity contribution in [2.75, 3.05) is 12.8 Å². The lowest BCUT2D eigenvalue weighted by atomic mass is 10.2. The van der Waals surface area contributed by atoms with Gasteiger partial charge in [0.05, 0.1) is 27.6 Å².